The molecule has 1 fully saturated rings. The van der Waals surface area contributed by atoms with Crippen molar-refractivity contribution in [2.24, 2.45) is 5.92 Å². The van der Waals surface area contributed by atoms with E-state index in [9.17, 15) is 9.59 Å². The van der Waals surface area contributed by atoms with Crippen LogP contribution in [0.4, 0.5) is 0 Å². The molecule has 1 aromatic rings. The summed E-state index contributed by atoms with van der Waals surface area (Å²) in [6.07, 6.45) is 2.58. The highest BCUT2D eigenvalue weighted by molar-refractivity contribution is 5.94. The average Bonchev–Trinajstić information content (AvgIpc) is 2.61. The summed E-state index contributed by atoms with van der Waals surface area (Å²) >= 11 is 0. The first kappa shape index (κ1) is 20.5. The molecular weight excluding hydrogens is 326 g/mol. The SMILES string of the molecule is CCCNCCNC(=O)C1CCN(C(=O)c2ccccc2)CC1.Cl. The monoisotopic (exact) mass is 353 g/mol. The Bertz CT molecular complexity index is 502. The number of nitrogens with zero attached hydrogens (tertiary/aromatic N) is 1. The van der Waals surface area contributed by atoms with Crippen molar-refractivity contribution in [3.8, 4) is 0 Å². The van der Waals surface area contributed by atoms with Crippen LogP contribution in [-0.4, -0.2) is 49.4 Å². The van der Waals surface area contributed by atoms with E-state index in [-0.39, 0.29) is 30.1 Å². The Morgan fingerprint density at radius 1 is 1.08 bits per heavy atom. The Hall–Kier alpha value is -1.59. The summed E-state index contributed by atoms with van der Waals surface area (Å²) in [5.41, 5.74) is 0.720. The summed E-state index contributed by atoms with van der Waals surface area (Å²) in [5, 5.41) is 6.25. The predicted octanol–water partition coefficient (Wildman–Crippen LogP) is 2.08. The van der Waals surface area contributed by atoms with E-state index in [2.05, 4.69) is 17.6 Å². The number of carbonyl (C=O) groups is 2. The number of carbonyl (C=O) groups excluding carboxylic acids is 2. The third-order valence-electron chi connectivity index (χ3n) is 4.20. The number of hydrogen-bond acceptors (Lipinski definition) is 3. The molecule has 0 spiro atoms. The molecule has 134 valence electrons. The van der Waals surface area contributed by atoms with Gasteiger partial charge in [-0.2, -0.15) is 0 Å². The van der Waals surface area contributed by atoms with Gasteiger partial charge >= 0.3 is 0 Å². The number of likely N-dealkylation sites (tertiary alicyclic amines) is 1. The van der Waals surface area contributed by atoms with Gasteiger partial charge < -0.3 is 15.5 Å². The number of piperidine rings is 1. The zero-order chi connectivity index (χ0) is 16.5. The molecule has 2 amide bonds. The van der Waals surface area contributed by atoms with Crippen LogP contribution in [-0.2, 0) is 4.79 Å². The van der Waals surface area contributed by atoms with Gasteiger partial charge in [-0.3, -0.25) is 9.59 Å². The van der Waals surface area contributed by atoms with Gasteiger partial charge in [-0.25, -0.2) is 0 Å². The van der Waals surface area contributed by atoms with Crippen LogP contribution in [0.2, 0.25) is 0 Å². The quantitative estimate of drug-likeness (QED) is 0.738. The van der Waals surface area contributed by atoms with Gasteiger partial charge in [-0.1, -0.05) is 25.1 Å². The van der Waals surface area contributed by atoms with Crippen LogP contribution in [0, 0.1) is 5.92 Å². The molecule has 1 aromatic carbocycles. The molecule has 1 saturated heterocycles. The van der Waals surface area contributed by atoms with Crippen LogP contribution in [0.5, 0.6) is 0 Å². The maximum absolute atomic E-state index is 12.4. The first-order chi connectivity index (χ1) is 11.2. The Kier molecular flexibility index (Phi) is 9.42. The minimum atomic E-state index is 0. The standard InChI is InChI=1S/C18H27N3O2.ClH/c1-2-10-19-11-12-20-17(22)15-8-13-21(14-9-15)18(23)16-6-4-3-5-7-16;/h3-7,15,19H,2,8-14H2,1H3,(H,20,22);1H. The molecule has 2 N–H and O–H groups in total. The highest BCUT2D eigenvalue weighted by Crippen LogP contribution is 2.19. The molecule has 0 atom stereocenters. The highest BCUT2D eigenvalue weighted by Gasteiger charge is 2.27. The maximum Gasteiger partial charge on any atom is 0.253 e. The lowest BCUT2D eigenvalue weighted by molar-refractivity contribution is -0.126. The number of halogens is 1. The minimum Gasteiger partial charge on any atom is -0.355 e. The van der Waals surface area contributed by atoms with Crippen LogP contribution in [0.3, 0.4) is 0 Å². The molecule has 0 unspecified atom stereocenters. The van der Waals surface area contributed by atoms with E-state index in [1.54, 1.807) is 0 Å². The molecular formula is C18H28ClN3O2. The lowest BCUT2D eigenvalue weighted by Gasteiger charge is -2.31. The molecule has 2 rings (SSSR count). The second-order valence-electron chi connectivity index (χ2n) is 5.97. The maximum atomic E-state index is 12.4. The summed E-state index contributed by atoms with van der Waals surface area (Å²) in [6, 6.07) is 9.33. The lowest BCUT2D eigenvalue weighted by Crippen LogP contribution is -2.44. The van der Waals surface area contributed by atoms with Crippen molar-refractivity contribution in [3.63, 3.8) is 0 Å². The minimum absolute atomic E-state index is 0. The van der Waals surface area contributed by atoms with Crippen LogP contribution >= 0.6 is 12.4 Å². The molecule has 24 heavy (non-hydrogen) atoms. The summed E-state index contributed by atoms with van der Waals surface area (Å²) < 4.78 is 0. The van der Waals surface area contributed by atoms with Gasteiger partial charge in [0.1, 0.15) is 0 Å². The number of benzene rings is 1. The van der Waals surface area contributed by atoms with Gasteiger partial charge in [0.25, 0.3) is 5.91 Å². The van der Waals surface area contributed by atoms with Crippen molar-refractivity contribution >= 4 is 24.2 Å². The Morgan fingerprint density at radius 2 is 1.75 bits per heavy atom. The Labute approximate surface area is 150 Å². The number of amides is 2. The topological polar surface area (TPSA) is 61.4 Å². The van der Waals surface area contributed by atoms with Crippen molar-refractivity contribution in [1.29, 1.82) is 0 Å². The Balaban J connectivity index is 0.00000288. The summed E-state index contributed by atoms with van der Waals surface area (Å²) in [6.45, 7) is 5.89. The lowest BCUT2D eigenvalue weighted by atomic mass is 9.95. The number of hydrogen-bond donors (Lipinski definition) is 2. The van der Waals surface area contributed by atoms with Gasteiger partial charge in [0.2, 0.25) is 5.91 Å². The van der Waals surface area contributed by atoms with Gasteiger partial charge in [0, 0.05) is 37.7 Å². The molecule has 0 aliphatic carbocycles. The first-order valence-electron chi connectivity index (χ1n) is 8.55. The van der Waals surface area contributed by atoms with E-state index in [1.807, 2.05) is 35.2 Å². The van der Waals surface area contributed by atoms with Crippen LogP contribution < -0.4 is 10.6 Å². The zero-order valence-electron chi connectivity index (χ0n) is 14.3. The molecule has 1 aliphatic rings. The fourth-order valence-electron chi connectivity index (χ4n) is 2.83. The summed E-state index contributed by atoms with van der Waals surface area (Å²) in [4.78, 5) is 26.3. The zero-order valence-corrected chi connectivity index (χ0v) is 15.1. The number of rotatable bonds is 7. The van der Waals surface area contributed by atoms with E-state index in [0.717, 1.165) is 37.9 Å². The van der Waals surface area contributed by atoms with E-state index in [4.69, 9.17) is 0 Å². The predicted molar refractivity (Wildman–Crippen MR) is 98.5 cm³/mol. The number of nitrogens with one attached hydrogen (secondary N) is 2. The second kappa shape index (κ2) is 11.0. The van der Waals surface area contributed by atoms with Crippen molar-refractivity contribution in [3.05, 3.63) is 35.9 Å². The molecule has 0 radical (unpaired) electrons. The van der Waals surface area contributed by atoms with Crippen molar-refractivity contribution < 1.29 is 9.59 Å². The van der Waals surface area contributed by atoms with E-state index in [0.29, 0.717) is 19.6 Å². The van der Waals surface area contributed by atoms with Crippen LogP contribution in [0.15, 0.2) is 30.3 Å². The third-order valence-corrected chi connectivity index (χ3v) is 4.20. The normalized spacial score (nSPS) is 14.8. The van der Waals surface area contributed by atoms with Gasteiger partial charge in [0.05, 0.1) is 0 Å². The molecule has 0 bridgehead atoms. The second-order valence-corrected chi connectivity index (χ2v) is 5.97. The Morgan fingerprint density at radius 3 is 2.38 bits per heavy atom. The van der Waals surface area contributed by atoms with E-state index in [1.165, 1.54) is 0 Å². The molecule has 5 nitrogen and oxygen atoms in total. The van der Waals surface area contributed by atoms with Gasteiger partial charge in [0.15, 0.2) is 0 Å². The third kappa shape index (κ3) is 6.13. The van der Waals surface area contributed by atoms with Crippen molar-refractivity contribution in [1.82, 2.24) is 15.5 Å². The van der Waals surface area contributed by atoms with Crippen molar-refractivity contribution in [2.75, 3.05) is 32.7 Å². The summed E-state index contributed by atoms with van der Waals surface area (Å²) in [5.74, 6) is 0.212. The van der Waals surface area contributed by atoms with Crippen LogP contribution in [0.1, 0.15) is 36.5 Å². The summed E-state index contributed by atoms with van der Waals surface area (Å²) in [7, 11) is 0. The van der Waals surface area contributed by atoms with E-state index < -0.39 is 0 Å². The largest absolute Gasteiger partial charge is 0.355 e. The van der Waals surface area contributed by atoms with Gasteiger partial charge in [-0.05, 0) is 37.9 Å². The molecule has 0 saturated carbocycles. The fourth-order valence-corrected chi connectivity index (χ4v) is 2.83. The fraction of sp³-hybridized carbons (Fsp3) is 0.556. The molecule has 1 heterocycles. The highest BCUT2D eigenvalue weighted by atomic mass is 35.5. The molecule has 0 aromatic heterocycles. The smallest absolute Gasteiger partial charge is 0.253 e. The first-order valence-corrected chi connectivity index (χ1v) is 8.55. The molecule has 1 aliphatic heterocycles. The van der Waals surface area contributed by atoms with Crippen molar-refractivity contribution in [2.45, 2.75) is 26.2 Å². The van der Waals surface area contributed by atoms with E-state index >= 15 is 0 Å². The van der Waals surface area contributed by atoms with Gasteiger partial charge in [-0.15, -0.1) is 12.4 Å². The van der Waals surface area contributed by atoms with Crippen LogP contribution in [0.25, 0.3) is 0 Å². The molecule has 6 heteroatoms. The average molecular weight is 354 g/mol.